The number of carbonyl (C=O) groups excluding carboxylic acids is 3. The fraction of sp³-hybridized carbons (Fsp3) is 0.471. The summed E-state index contributed by atoms with van der Waals surface area (Å²) in [6.45, 7) is 2.15. The molecule has 1 aliphatic rings. The minimum absolute atomic E-state index is 0.0536. The lowest BCUT2D eigenvalue weighted by molar-refractivity contribution is -0.384. The third-order valence-corrected chi connectivity index (χ3v) is 4.13. The zero-order valence-corrected chi connectivity index (χ0v) is 16.6. The molecule has 0 amide bonds. The first-order valence-electron chi connectivity index (χ1n) is 8.55. The van der Waals surface area contributed by atoms with Crippen LogP contribution in [0.1, 0.15) is 20.3 Å². The second-order valence-electron chi connectivity index (χ2n) is 6.07. The van der Waals surface area contributed by atoms with Crippen molar-refractivity contribution in [3.8, 4) is 5.75 Å². The van der Waals surface area contributed by atoms with Crippen LogP contribution in [0.25, 0.3) is 0 Å². The first-order valence-corrected chi connectivity index (χ1v) is 8.92. The monoisotopic (exact) mass is 447 g/mol. The molecule has 0 saturated carbocycles. The Morgan fingerprint density at radius 3 is 2.50 bits per heavy atom. The van der Waals surface area contributed by atoms with E-state index in [0.717, 1.165) is 25.1 Å². The number of carbonyl (C=O) groups is 3. The van der Waals surface area contributed by atoms with Crippen molar-refractivity contribution in [2.24, 2.45) is 0 Å². The number of aliphatic hydroxyl groups is 1. The highest BCUT2D eigenvalue weighted by Crippen LogP contribution is 2.32. The van der Waals surface area contributed by atoms with Crippen molar-refractivity contribution >= 4 is 35.4 Å². The largest absolute Gasteiger partial charge is 0.509 e. The molecule has 1 fully saturated rings. The molecule has 0 radical (unpaired) electrons. The van der Waals surface area contributed by atoms with E-state index < -0.39 is 47.6 Å². The van der Waals surface area contributed by atoms with Gasteiger partial charge in [0.2, 0.25) is 12.4 Å². The normalized spacial score (nSPS) is 19.8. The summed E-state index contributed by atoms with van der Waals surface area (Å²) in [6.07, 6.45) is -6.88. The molecular formula is C17H18ClNO11. The van der Waals surface area contributed by atoms with E-state index in [4.69, 9.17) is 35.3 Å². The van der Waals surface area contributed by atoms with Crippen LogP contribution in [-0.4, -0.2) is 59.3 Å². The second-order valence-corrected chi connectivity index (χ2v) is 6.48. The number of nitro groups is 1. The van der Waals surface area contributed by atoms with Crippen LogP contribution in [0.15, 0.2) is 18.2 Å². The van der Waals surface area contributed by atoms with Gasteiger partial charge in [-0.05, 0) is 6.07 Å². The maximum absolute atomic E-state index is 11.6. The second kappa shape index (κ2) is 10.1. The van der Waals surface area contributed by atoms with Crippen molar-refractivity contribution in [2.45, 2.75) is 44.9 Å². The van der Waals surface area contributed by atoms with Gasteiger partial charge in [0.15, 0.2) is 6.10 Å². The van der Waals surface area contributed by atoms with Gasteiger partial charge in [-0.15, -0.1) is 0 Å². The van der Waals surface area contributed by atoms with E-state index in [-0.39, 0.29) is 29.5 Å². The number of aliphatic hydroxyl groups excluding tert-OH is 1. The van der Waals surface area contributed by atoms with Gasteiger partial charge in [0, 0.05) is 32.4 Å². The molecule has 4 atom stereocenters. The number of nitrogens with zero attached hydrogens (tertiary/aromatic N) is 1. The number of hydrogen-bond acceptors (Lipinski definition) is 11. The zero-order chi connectivity index (χ0) is 22.4. The van der Waals surface area contributed by atoms with Gasteiger partial charge in [0.25, 0.3) is 5.69 Å². The fourth-order valence-corrected chi connectivity index (χ4v) is 2.83. The van der Waals surface area contributed by atoms with Gasteiger partial charge in [-0.25, -0.2) is 4.79 Å². The van der Waals surface area contributed by atoms with Crippen molar-refractivity contribution in [3.63, 3.8) is 0 Å². The third kappa shape index (κ3) is 6.19. The van der Waals surface area contributed by atoms with Gasteiger partial charge in [-0.1, -0.05) is 11.6 Å². The fourth-order valence-electron chi connectivity index (χ4n) is 2.61. The highest BCUT2D eigenvalue weighted by Gasteiger charge is 2.48. The number of esters is 2. The highest BCUT2D eigenvalue weighted by molar-refractivity contribution is 6.32. The Morgan fingerprint density at radius 2 is 1.93 bits per heavy atom. The molecule has 30 heavy (non-hydrogen) atoms. The molecule has 0 aromatic heterocycles. The molecule has 0 spiro atoms. The lowest BCUT2D eigenvalue weighted by Crippen LogP contribution is -2.46. The van der Waals surface area contributed by atoms with E-state index >= 15 is 0 Å². The smallest absolute Gasteiger partial charge is 0.466 e. The van der Waals surface area contributed by atoms with Crippen LogP contribution < -0.4 is 4.74 Å². The van der Waals surface area contributed by atoms with E-state index in [1.165, 1.54) is 6.92 Å². The van der Waals surface area contributed by atoms with Crippen LogP contribution in [0.4, 0.5) is 10.5 Å². The highest BCUT2D eigenvalue weighted by atomic mass is 35.5. The lowest BCUT2D eigenvalue weighted by Gasteiger charge is -2.27. The number of cyclic esters (lactones) is 2. The molecular weight excluding hydrogens is 430 g/mol. The molecule has 0 bridgehead atoms. The number of hydrogen-bond donors (Lipinski definition) is 1. The first kappa shape index (κ1) is 23.2. The summed E-state index contributed by atoms with van der Waals surface area (Å²) in [5, 5.41) is 21.0. The van der Waals surface area contributed by atoms with E-state index in [1.807, 2.05) is 0 Å². The van der Waals surface area contributed by atoms with Crippen LogP contribution in [0.3, 0.4) is 0 Å². The maximum atomic E-state index is 11.6. The number of halogens is 1. The van der Waals surface area contributed by atoms with Crippen LogP contribution in [-0.2, 0) is 28.5 Å². The maximum Gasteiger partial charge on any atom is 0.509 e. The molecule has 1 aromatic rings. The van der Waals surface area contributed by atoms with Crippen LogP contribution in [0.2, 0.25) is 5.02 Å². The summed E-state index contributed by atoms with van der Waals surface area (Å²) >= 11 is 5.92. The van der Waals surface area contributed by atoms with Gasteiger partial charge in [-0.3, -0.25) is 19.7 Å². The van der Waals surface area contributed by atoms with E-state index in [9.17, 15) is 29.6 Å². The summed E-state index contributed by atoms with van der Waals surface area (Å²) in [5.41, 5.74) is -0.296. The quantitative estimate of drug-likeness (QED) is 0.193. The SMILES string of the molecule is CC(=O)OCC[C@@H](OC(C)=O)C1OC(=O)O[C@H]1[C@@H](O)Oc1ccc([N+](=O)[O-])cc1Cl. The van der Waals surface area contributed by atoms with E-state index in [2.05, 4.69) is 0 Å². The molecule has 0 aliphatic carbocycles. The average Bonchev–Trinajstić information content (AvgIpc) is 3.03. The van der Waals surface area contributed by atoms with Crippen molar-refractivity contribution in [1.29, 1.82) is 0 Å². The molecule has 164 valence electrons. The third-order valence-electron chi connectivity index (χ3n) is 3.83. The van der Waals surface area contributed by atoms with Crippen LogP contribution in [0, 0.1) is 10.1 Å². The van der Waals surface area contributed by atoms with Crippen LogP contribution >= 0.6 is 11.6 Å². The Balaban J connectivity index is 2.16. The zero-order valence-electron chi connectivity index (χ0n) is 15.8. The molecule has 1 saturated heterocycles. The van der Waals surface area contributed by atoms with Crippen molar-refractivity contribution < 1.29 is 48.1 Å². The summed E-state index contributed by atoms with van der Waals surface area (Å²) < 4.78 is 25.1. The molecule has 1 aliphatic heterocycles. The predicted molar refractivity (Wildman–Crippen MR) is 96.7 cm³/mol. The summed E-state index contributed by atoms with van der Waals surface area (Å²) in [7, 11) is 0. The number of nitro benzene ring substituents is 1. The summed E-state index contributed by atoms with van der Waals surface area (Å²) in [6, 6.07) is 3.27. The van der Waals surface area contributed by atoms with Crippen molar-refractivity contribution in [2.75, 3.05) is 6.61 Å². The van der Waals surface area contributed by atoms with Gasteiger partial charge in [-0.2, -0.15) is 0 Å². The molecule has 12 nitrogen and oxygen atoms in total. The lowest BCUT2D eigenvalue weighted by atomic mass is 10.0. The molecule has 13 heteroatoms. The minimum Gasteiger partial charge on any atom is -0.466 e. The topological polar surface area (TPSA) is 161 Å². The summed E-state index contributed by atoms with van der Waals surface area (Å²) in [4.78, 5) is 44.1. The number of non-ortho nitro benzene ring substituents is 1. The first-order chi connectivity index (χ1) is 14.1. The Labute approximate surface area is 174 Å². The molecule has 2 rings (SSSR count). The van der Waals surface area contributed by atoms with Gasteiger partial charge >= 0.3 is 18.1 Å². The van der Waals surface area contributed by atoms with Gasteiger partial charge in [0.1, 0.15) is 11.9 Å². The number of benzene rings is 1. The average molecular weight is 448 g/mol. The number of ether oxygens (including phenoxy) is 5. The van der Waals surface area contributed by atoms with Crippen molar-refractivity contribution in [1.82, 2.24) is 0 Å². The molecule has 1 N–H and O–H groups in total. The van der Waals surface area contributed by atoms with Gasteiger partial charge in [0.05, 0.1) is 16.6 Å². The standard InChI is InChI=1S/C17H18ClNO11/c1-8(20)26-6-5-13(27-9(2)21)14-15(30-17(23)29-14)16(22)28-12-4-3-10(19(24)25)7-11(12)18/h3-4,7,13-16,22H,5-6H2,1-2H3/t13-,14?,15-,16+/m1/s1. The Bertz CT molecular complexity index is 830. The number of rotatable bonds is 9. The van der Waals surface area contributed by atoms with E-state index in [0.29, 0.717) is 0 Å². The Kier molecular flexibility index (Phi) is 7.78. The van der Waals surface area contributed by atoms with Gasteiger partial charge < -0.3 is 28.8 Å². The molecule has 1 aromatic carbocycles. The van der Waals surface area contributed by atoms with E-state index in [1.54, 1.807) is 0 Å². The minimum atomic E-state index is -1.83. The predicted octanol–water partition coefficient (Wildman–Crippen LogP) is 1.73. The molecule has 1 heterocycles. The van der Waals surface area contributed by atoms with Crippen molar-refractivity contribution in [3.05, 3.63) is 33.3 Å². The Hall–Kier alpha value is -3.12. The van der Waals surface area contributed by atoms with Crippen LogP contribution in [0.5, 0.6) is 5.75 Å². The Morgan fingerprint density at radius 1 is 1.27 bits per heavy atom. The molecule has 1 unspecified atom stereocenters. The summed E-state index contributed by atoms with van der Waals surface area (Å²) in [5.74, 6) is -1.40.